The summed E-state index contributed by atoms with van der Waals surface area (Å²) in [5, 5.41) is 7.16. The minimum absolute atomic E-state index is 0.804. The molecule has 4 nitrogen and oxygen atoms in total. The first-order chi connectivity index (χ1) is 5.34. The average Bonchev–Trinajstić information content (AvgIpc) is 2.52. The van der Waals surface area contributed by atoms with Gasteiger partial charge < -0.3 is 9.42 Å². The SMILES string of the molecule is CCCCN(C)c1conn1. The Hall–Kier alpha value is -1.06. The largest absolute Gasteiger partial charge is 0.355 e. The molecule has 0 aromatic carbocycles. The third kappa shape index (κ3) is 2.22. The van der Waals surface area contributed by atoms with E-state index in [1.807, 2.05) is 11.9 Å². The van der Waals surface area contributed by atoms with E-state index in [1.165, 1.54) is 12.8 Å². The van der Waals surface area contributed by atoms with Crippen molar-refractivity contribution in [1.82, 2.24) is 10.4 Å². The lowest BCUT2D eigenvalue weighted by atomic mass is 10.3. The molecule has 4 heteroatoms. The maximum atomic E-state index is 4.61. The van der Waals surface area contributed by atoms with Crippen molar-refractivity contribution in [1.29, 1.82) is 0 Å². The summed E-state index contributed by atoms with van der Waals surface area (Å²) in [7, 11) is 1.98. The summed E-state index contributed by atoms with van der Waals surface area (Å²) < 4.78 is 4.61. The molecule has 0 atom stereocenters. The number of hydrogen-bond donors (Lipinski definition) is 0. The van der Waals surface area contributed by atoms with Gasteiger partial charge in [0, 0.05) is 18.9 Å². The van der Waals surface area contributed by atoms with Crippen LogP contribution in [0.15, 0.2) is 10.8 Å². The highest BCUT2D eigenvalue weighted by molar-refractivity contribution is 5.30. The fourth-order valence-corrected chi connectivity index (χ4v) is 0.836. The molecule has 1 aromatic heterocycles. The Balaban J connectivity index is 2.36. The zero-order valence-corrected chi connectivity index (χ0v) is 6.95. The first-order valence-electron chi connectivity index (χ1n) is 3.82. The van der Waals surface area contributed by atoms with Gasteiger partial charge in [-0.2, -0.15) is 0 Å². The average molecular weight is 155 g/mol. The van der Waals surface area contributed by atoms with Crippen LogP contribution in [0.3, 0.4) is 0 Å². The lowest BCUT2D eigenvalue weighted by Crippen LogP contribution is -2.18. The summed E-state index contributed by atoms with van der Waals surface area (Å²) in [6.07, 6.45) is 3.91. The van der Waals surface area contributed by atoms with Crippen LogP contribution in [-0.2, 0) is 0 Å². The molecule has 0 N–H and O–H groups in total. The molecule has 0 aliphatic carbocycles. The van der Waals surface area contributed by atoms with Gasteiger partial charge in [0.25, 0.3) is 0 Å². The van der Waals surface area contributed by atoms with Crippen LogP contribution in [0.1, 0.15) is 19.8 Å². The number of aromatic nitrogens is 2. The van der Waals surface area contributed by atoms with Gasteiger partial charge in [0.2, 0.25) is 0 Å². The summed E-state index contributed by atoms with van der Waals surface area (Å²) in [6.45, 7) is 3.17. The normalized spacial score (nSPS) is 10.0. The van der Waals surface area contributed by atoms with Crippen LogP contribution in [0.2, 0.25) is 0 Å². The molecule has 0 bridgehead atoms. The predicted octanol–water partition coefficient (Wildman–Crippen LogP) is 1.31. The van der Waals surface area contributed by atoms with E-state index in [0.717, 1.165) is 12.4 Å². The Labute approximate surface area is 66.2 Å². The van der Waals surface area contributed by atoms with Crippen LogP contribution in [0, 0.1) is 0 Å². The molecule has 0 aliphatic rings. The Morgan fingerprint density at radius 3 is 3.00 bits per heavy atom. The number of rotatable bonds is 4. The number of hydrogen-bond acceptors (Lipinski definition) is 4. The smallest absolute Gasteiger partial charge is 0.192 e. The van der Waals surface area contributed by atoms with Gasteiger partial charge in [-0.1, -0.05) is 18.4 Å². The Morgan fingerprint density at radius 1 is 1.64 bits per heavy atom. The maximum absolute atomic E-state index is 4.61. The van der Waals surface area contributed by atoms with Gasteiger partial charge in [0.15, 0.2) is 12.1 Å². The lowest BCUT2D eigenvalue weighted by Gasteiger charge is -2.12. The quantitative estimate of drug-likeness (QED) is 0.657. The van der Waals surface area contributed by atoms with Crippen molar-refractivity contribution >= 4 is 5.82 Å². The fraction of sp³-hybridized carbons (Fsp3) is 0.714. The summed E-state index contributed by atoms with van der Waals surface area (Å²) in [4.78, 5) is 2.03. The van der Waals surface area contributed by atoms with Crippen molar-refractivity contribution in [2.45, 2.75) is 19.8 Å². The lowest BCUT2D eigenvalue weighted by molar-refractivity contribution is 0.393. The van der Waals surface area contributed by atoms with E-state index in [0.29, 0.717) is 0 Å². The van der Waals surface area contributed by atoms with Crippen molar-refractivity contribution < 1.29 is 4.52 Å². The van der Waals surface area contributed by atoms with Gasteiger partial charge in [-0.15, -0.1) is 0 Å². The Morgan fingerprint density at radius 2 is 2.45 bits per heavy atom. The summed E-state index contributed by atoms with van der Waals surface area (Å²) in [5.41, 5.74) is 0. The molecule has 0 fully saturated rings. The summed E-state index contributed by atoms with van der Waals surface area (Å²) in [6, 6.07) is 0. The zero-order valence-electron chi connectivity index (χ0n) is 6.95. The molecule has 1 rings (SSSR count). The van der Waals surface area contributed by atoms with E-state index >= 15 is 0 Å². The Bertz CT molecular complexity index is 186. The van der Waals surface area contributed by atoms with Crippen molar-refractivity contribution in [3.8, 4) is 0 Å². The van der Waals surface area contributed by atoms with Crippen LogP contribution < -0.4 is 4.90 Å². The molecule has 11 heavy (non-hydrogen) atoms. The second-order valence-corrected chi connectivity index (χ2v) is 2.54. The Kier molecular flexibility index (Phi) is 2.89. The van der Waals surface area contributed by atoms with Gasteiger partial charge in [0.1, 0.15) is 0 Å². The van der Waals surface area contributed by atoms with Gasteiger partial charge in [-0.3, -0.25) is 0 Å². The minimum atomic E-state index is 0.804. The molecular formula is C7H13N3O. The maximum Gasteiger partial charge on any atom is 0.192 e. The molecule has 0 amide bonds. The molecule has 62 valence electrons. The van der Waals surface area contributed by atoms with Gasteiger partial charge in [0.05, 0.1) is 0 Å². The van der Waals surface area contributed by atoms with Crippen LogP contribution in [0.4, 0.5) is 5.82 Å². The second-order valence-electron chi connectivity index (χ2n) is 2.54. The highest BCUT2D eigenvalue weighted by Crippen LogP contribution is 2.06. The van der Waals surface area contributed by atoms with Crippen LogP contribution in [0.5, 0.6) is 0 Å². The molecule has 0 unspecified atom stereocenters. The van der Waals surface area contributed by atoms with E-state index in [1.54, 1.807) is 6.26 Å². The molecule has 0 aliphatic heterocycles. The van der Waals surface area contributed by atoms with Crippen molar-refractivity contribution in [2.75, 3.05) is 18.5 Å². The third-order valence-electron chi connectivity index (χ3n) is 1.59. The van der Waals surface area contributed by atoms with Crippen LogP contribution in [-0.4, -0.2) is 24.0 Å². The number of unbranched alkanes of at least 4 members (excludes halogenated alkanes) is 1. The molecule has 0 saturated heterocycles. The molecule has 1 heterocycles. The van der Waals surface area contributed by atoms with E-state index in [-0.39, 0.29) is 0 Å². The highest BCUT2D eigenvalue weighted by atomic mass is 16.5. The summed E-state index contributed by atoms with van der Waals surface area (Å²) in [5.74, 6) is 0.804. The zero-order chi connectivity index (χ0) is 8.10. The van der Waals surface area contributed by atoms with Crippen LogP contribution >= 0.6 is 0 Å². The van der Waals surface area contributed by atoms with E-state index in [4.69, 9.17) is 0 Å². The second kappa shape index (κ2) is 3.95. The number of anilines is 1. The topological polar surface area (TPSA) is 42.2 Å². The standard InChI is InChI=1S/C7H13N3O/c1-3-4-5-10(2)7-6-11-9-8-7/h6H,3-5H2,1-2H3. The molecule has 0 radical (unpaired) electrons. The highest BCUT2D eigenvalue weighted by Gasteiger charge is 2.02. The van der Waals surface area contributed by atoms with E-state index in [2.05, 4.69) is 21.8 Å². The first kappa shape index (κ1) is 8.04. The van der Waals surface area contributed by atoms with Crippen molar-refractivity contribution in [2.24, 2.45) is 0 Å². The van der Waals surface area contributed by atoms with Gasteiger partial charge in [-0.05, 0) is 6.42 Å². The number of nitrogens with zero attached hydrogens (tertiary/aromatic N) is 3. The van der Waals surface area contributed by atoms with Gasteiger partial charge >= 0.3 is 0 Å². The predicted molar refractivity (Wildman–Crippen MR) is 42.5 cm³/mol. The minimum Gasteiger partial charge on any atom is -0.355 e. The third-order valence-corrected chi connectivity index (χ3v) is 1.59. The molecular weight excluding hydrogens is 142 g/mol. The van der Waals surface area contributed by atoms with E-state index < -0.39 is 0 Å². The van der Waals surface area contributed by atoms with Crippen molar-refractivity contribution in [3.05, 3.63) is 6.26 Å². The molecule has 0 saturated carbocycles. The van der Waals surface area contributed by atoms with Gasteiger partial charge in [-0.25, -0.2) is 0 Å². The van der Waals surface area contributed by atoms with Crippen LogP contribution in [0.25, 0.3) is 0 Å². The summed E-state index contributed by atoms with van der Waals surface area (Å²) >= 11 is 0. The fourth-order valence-electron chi connectivity index (χ4n) is 0.836. The molecule has 1 aromatic rings. The first-order valence-corrected chi connectivity index (χ1v) is 3.82. The van der Waals surface area contributed by atoms with Crippen molar-refractivity contribution in [3.63, 3.8) is 0 Å². The monoisotopic (exact) mass is 155 g/mol. The molecule has 0 spiro atoms. The van der Waals surface area contributed by atoms with E-state index in [9.17, 15) is 0 Å².